The van der Waals surface area contributed by atoms with Crippen LogP contribution in [-0.4, -0.2) is 86.9 Å². The summed E-state index contributed by atoms with van der Waals surface area (Å²) in [5.74, 6) is -6.85. The number of nitrogens with one attached hydrogen (secondary N) is 2. The quantitative estimate of drug-likeness (QED) is 0.131. The maximum Gasteiger partial charge on any atom is 0.312 e. The van der Waals surface area contributed by atoms with Gasteiger partial charge in [-0.1, -0.05) is 57.3 Å². The molecular weight excluding hydrogens is 731 g/mol. The highest BCUT2D eigenvalue weighted by atomic mass is 32.1. The molecule has 0 saturated carbocycles. The van der Waals surface area contributed by atoms with Gasteiger partial charge in [0.05, 0.1) is 45.7 Å². The average Bonchev–Trinajstić information content (AvgIpc) is 3.68. The topological polar surface area (TPSA) is 206 Å². The van der Waals surface area contributed by atoms with Crippen LogP contribution in [-0.2, 0) is 23.8 Å². The molecule has 3 heterocycles. The van der Waals surface area contributed by atoms with Crippen molar-refractivity contribution in [3.8, 4) is 17.2 Å². The Morgan fingerprint density at radius 1 is 1.04 bits per heavy atom. The molecule has 0 aliphatic carbocycles. The van der Waals surface area contributed by atoms with Crippen molar-refractivity contribution in [3.63, 3.8) is 0 Å². The number of aliphatic hydroxyl groups is 2. The number of hydrogen-bond donors (Lipinski definition) is 6. The van der Waals surface area contributed by atoms with Crippen LogP contribution in [0, 0.1) is 30.6 Å². The summed E-state index contributed by atoms with van der Waals surface area (Å²) in [5.41, 5.74) is 0.669. The highest BCUT2D eigenvalue weighted by Crippen LogP contribution is 2.55. The molecule has 0 fully saturated rings. The van der Waals surface area contributed by atoms with E-state index in [9.17, 15) is 34.8 Å². The van der Waals surface area contributed by atoms with E-state index in [1.165, 1.54) is 40.2 Å². The first-order valence-corrected chi connectivity index (χ1v) is 19.1. The molecule has 1 aromatic heterocycles. The van der Waals surface area contributed by atoms with Gasteiger partial charge in [0.1, 0.15) is 23.3 Å². The van der Waals surface area contributed by atoms with E-state index in [-0.39, 0.29) is 50.2 Å². The van der Waals surface area contributed by atoms with Gasteiger partial charge in [0.25, 0.3) is 11.7 Å². The van der Waals surface area contributed by atoms with Crippen molar-refractivity contribution in [2.24, 2.45) is 23.7 Å². The lowest BCUT2D eigenvalue weighted by Crippen LogP contribution is -2.46. The number of Topliss-reactive ketones (excluding diaryl/α,β-unsaturated/α-hetero) is 1. The van der Waals surface area contributed by atoms with E-state index >= 15 is 0 Å². The van der Waals surface area contributed by atoms with Gasteiger partial charge >= 0.3 is 11.8 Å². The number of aliphatic hydroxyl groups excluding tert-OH is 2. The zero-order valence-corrected chi connectivity index (χ0v) is 33.5. The van der Waals surface area contributed by atoms with Crippen LogP contribution in [0.25, 0.3) is 21.0 Å². The maximum absolute atomic E-state index is 14.4. The van der Waals surface area contributed by atoms with Crippen LogP contribution in [0.1, 0.15) is 71.3 Å². The number of fused-ring (bicyclic) bond motifs is 1. The molecule has 0 saturated heterocycles. The Balaban J connectivity index is 1.72. The summed E-state index contributed by atoms with van der Waals surface area (Å²) in [5, 5.41) is 52.6. The standard InChI is InChI=1S/C40H51N3O11S/c1-11-41-39-43-28-25-26-32(47)22(7)35-27(25)37(49)40(9,54-35)52-16-15-24(51-10)19(4)34(53-23(8)44)21(6)31(46)20(5)30(45)17(2)13-12-14-18(3)38(50)42-29(33(26)48)36(28)55-39/h12-17,19-21,24,30-31,34,45-48H,11H2,1-10H3,(H,41,43)(H,42,50)/b13-12-,16-15-,18-14-/t17-,19+,20+,21+,24-,30-,31+,34+,40-/m0/s1. The summed E-state index contributed by atoms with van der Waals surface area (Å²) in [6, 6.07) is 0. The molecule has 15 heteroatoms. The third-order valence-corrected chi connectivity index (χ3v) is 11.7. The Morgan fingerprint density at radius 3 is 2.36 bits per heavy atom. The van der Waals surface area contributed by atoms with Crippen LogP contribution in [0.3, 0.4) is 0 Å². The molecular formula is C40H51N3O11S. The molecule has 1 amide bonds. The molecule has 14 nitrogen and oxygen atoms in total. The number of amides is 1. The second-order valence-corrected chi connectivity index (χ2v) is 15.6. The number of methoxy groups -OCH3 is 1. The van der Waals surface area contributed by atoms with Gasteiger partial charge in [-0.3, -0.25) is 14.4 Å². The molecule has 5 rings (SSSR count). The minimum atomic E-state index is -1.94. The van der Waals surface area contributed by atoms with Crippen molar-refractivity contribution in [1.29, 1.82) is 0 Å². The number of carbonyl (C=O) groups is 3. The molecule has 2 aliphatic rings. The summed E-state index contributed by atoms with van der Waals surface area (Å²) in [7, 11) is 1.46. The molecule has 298 valence electrons. The summed E-state index contributed by atoms with van der Waals surface area (Å²) in [6.07, 6.45) is 3.91. The lowest BCUT2D eigenvalue weighted by molar-refractivity contribution is -0.160. The van der Waals surface area contributed by atoms with Crippen LogP contribution >= 0.6 is 11.3 Å². The predicted octanol–water partition coefficient (Wildman–Crippen LogP) is 6.09. The Morgan fingerprint density at radius 2 is 1.73 bits per heavy atom. The van der Waals surface area contributed by atoms with Crippen molar-refractivity contribution in [2.75, 3.05) is 24.3 Å². The van der Waals surface area contributed by atoms with E-state index in [0.717, 1.165) is 11.3 Å². The fourth-order valence-corrected chi connectivity index (χ4v) is 8.39. The summed E-state index contributed by atoms with van der Waals surface area (Å²) in [6.45, 7) is 15.2. The normalized spacial score (nSPS) is 31.4. The van der Waals surface area contributed by atoms with Gasteiger partial charge in [0.2, 0.25) is 0 Å². The van der Waals surface area contributed by atoms with Gasteiger partial charge in [0.15, 0.2) is 10.9 Å². The van der Waals surface area contributed by atoms with Crippen LogP contribution in [0.5, 0.6) is 17.2 Å². The monoisotopic (exact) mass is 781 g/mol. The SMILES string of the molecule is CCNc1nc2c(s1)c1c(O)c3c(O)c(C)c4c(c32)C(=O)[C@@](C)(O/C=C\[C@H](OC)[C@@H](C)[C@@H](OC(C)=O)[C@H](C)[C@H](O)[C@H](C)[C@@H](O)[C@@H](C)/C=C\C=C(\C)C(=O)N1)O4. The van der Waals surface area contributed by atoms with E-state index in [2.05, 4.69) is 10.6 Å². The lowest BCUT2D eigenvalue weighted by atomic mass is 9.78. The molecule has 0 radical (unpaired) electrons. The van der Waals surface area contributed by atoms with E-state index < -0.39 is 77.3 Å². The summed E-state index contributed by atoms with van der Waals surface area (Å²) < 4.78 is 24.1. The van der Waals surface area contributed by atoms with Gasteiger partial charge in [-0.25, -0.2) is 4.98 Å². The van der Waals surface area contributed by atoms with Crippen LogP contribution < -0.4 is 15.4 Å². The molecule has 9 atom stereocenters. The molecule has 2 aliphatic heterocycles. The molecule has 2 aromatic carbocycles. The van der Waals surface area contributed by atoms with E-state index in [1.807, 2.05) is 6.92 Å². The van der Waals surface area contributed by atoms with Gasteiger partial charge < -0.3 is 50.0 Å². The highest BCUT2D eigenvalue weighted by molar-refractivity contribution is 7.23. The fourth-order valence-electron chi connectivity index (χ4n) is 7.35. The van der Waals surface area contributed by atoms with Crippen molar-refractivity contribution in [1.82, 2.24) is 4.98 Å². The molecule has 3 aromatic rings. The molecule has 0 unspecified atom stereocenters. The number of allylic oxidation sites excluding steroid dienone is 2. The number of carbonyl (C=O) groups excluding carboxylic acids is 3. The molecule has 0 spiro atoms. The van der Waals surface area contributed by atoms with Crippen LogP contribution in [0.4, 0.5) is 10.8 Å². The first kappa shape index (κ1) is 41.5. The van der Waals surface area contributed by atoms with Gasteiger partial charge in [-0.05, 0) is 26.8 Å². The van der Waals surface area contributed by atoms with Gasteiger partial charge in [-0.15, -0.1) is 0 Å². The lowest BCUT2D eigenvalue weighted by Gasteiger charge is -2.38. The third-order valence-electron chi connectivity index (χ3n) is 10.7. The van der Waals surface area contributed by atoms with E-state index in [0.29, 0.717) is 16.4 Å². The Kier molecular flexibility index (Phi) is 12.2. The summed E-state index contributed by atoms with van der Waals surface area (Å²) >= 11 is 1.15. The number of rotatable bonds is 4. The van der Waals surface area contributed by atoms with Crippen LogP contribution in [0.2, 0.25) is 0 Å². The number of phenolic OH excluding ortho intramolecular Hbond substituents is 2. The number of hydrogen-bond acceptors (Lipinski definition) is 14. The predicted molar refractivity (Wildman–Crippen MR) is 209 cm³/mol. The number of ether oxygens (including phenoxy) is 4. The number of anilines is 2. The number of benzene rings is 2. The Bertz CT molecular complexity index is 2090. The second-order valence-electron chi connectivity index (χ2n) is 14.6. The van der Waals surface area contributed by atoms with Gasteiger partial charge in [-0.2, -0.15) is 0 Å². The number of phenols is 2. The van der Waals surface area contributed by atoms with Crippen molar-refractivity contribution in [2.45, 2.75) is 92.5 Å². The molecule has 6 N–H and O–H groups in total. The van der Waals surface area contributed by atoms with E-state index in [1.54, 1.807) is 52.8 Å². The first-order valence-electron chi connectivity index (χ1n) is 18.3. The zero-order chi connectivity index (χ0) is 40.7. The van der Waals surface area contributed by atoms with E-state index in [4.69, 9.17) is 23.9 Å². The third kappa shape index (κ3) is 7.62. The number of ketones is 1. The minimum Gasteiger partial charge on any atom is -0.507 e. The smallest absolute Gasteiger partial charge is 0.312 e. The Hall–Kier alpha value is -4.70. The van der Waals surface area contributed by atoms with Crippen LogP contribution in [0.15, 0.2) is 36.1 Å². The number of aromatic nitrogens is 1. The van der Waals surface area contributed by atoms with Gasteiger partial charge in [0, 0.05) is 67.7 Å². The largest absolute Gasteiger partial charge is 0.507 e. The minimum absolute atomic E-state index is 0.00388. The second kappa shape index (κ2) is 16.2. The highest BCUT2D eigenvalue weighted by Gasteiger charge is 2.49. The first-order chi connectivity index (χ1) is 25.9. The zero-order valence-electron chi connectivity index (χ0n) is 32.7. The summed E-state index contributed by atoms with van der Waals surface area (Å²) in [4.78, 5) is 45.1. The fraction of sp³-hybridized carbons (Fsp3) is 0.500. The average molecular weight is 782 g/mol. The molecule has 55 heavy (non-hydrogen) atoms. The van der Waals surface area contributed by atoms with Crippen molar-refractivity contribution < 1.29 is 53.8 Å². The van der Waals surface area contributed by atoms with Crippen molar-refractivity contribution in [3.05, 3.63) is 47.3 Å². The molecule has 4 bridgehead atoms. The number of esters is 1. The number of thiazole rings is 1. The maximum atomic E-state index is 14.4. The Labute approximate surface area is 323 Å². The number of nitrogens with zero attached hydrogens (tertiary/aromatic N) is 1. The van der Waals surface area contributed by atoms with Crippen molar-refractivity contribution >= 4 is 60.8 Å². The number of aromatic hydroxyl groups is 2.